The van der Waals surface area contributed by atoms with Crippen LogP contribution in [0.1, 0.15) is 42.4 Å². The molecular weight excluding hydrogens is 395 g/mol. The van der Waals surface area contributed by atoms with Gasteiger partial charge in [0.2, 0.25) is 0 Å². The van der Waals surface area contributed by atoms with Crippen LogP contribution in [0.15, 0.2) is 24.3 Å². The summed E-state index contributed by atoms with van der Waals surface area (Å²) in [6.07, 6.45) is 2.27. The Bertz CT molecular complexity index is 840. The number of unbranched alkanes of at least 4 members (excludes halogenated alkanes) is 1. The summed E-state index contributed by atoms with van der Waals surface area (Å²) >= 11 is 0. The quantitative estimate of drug-likeness (QED) is 0.585. The lowest BCUT2D eigenvalue weighted by Crippen LogP contribution is -2.49. The molecule has 0 spiro atoms. The van der Waals surface area contributed by atoms with Crippen LogP contribution in [-0.4, -0.2) is 72.0 Å². The van der Waals surface area contributed by atoms with Crippen LogP contribution >= 0.6 is 0 Å². The molecule has 1 N–H and O–H groups in total. The van der Waals surface area contributed by atoms with Crippen LogP contribution in [0.2, 0.25) is 0 Å². The highest BCUT2D eigenvalue weighted by Crippen LogP contribution is 2.25. The van der Waals surface area contributed by atoms with E-state index in [0.29, 0.717) is 26.2 Å². The predicted octanol–water partition coefficient (Wildman–Crippen LogP) is 3.12. The van der Waals surface area contributed by atoms with Gasteiger partial charge in [-0.3, -0.25) is 4.90 Å². The number of nitrogens with zero attached hydrogens (tertiary/aromatic N) is 4. The largest absolute Gasteiger partial charge is 0.389 e. The zero-order chi connectivity index (χ0) is 22.2. The van der Waals surface area contributed by atoms with Crippen molar-refractivity contribution >= 4 is 5.82 Å². The van der Waals surface area contributed by atoms with Crippen LogP contribution in [0.5, 0.6) is 0 Å². The number of rotatable bonds is 10. The zero-order valence-electron chi connectivity index (χ0n) is 19.0. The normalized spacial score (nSPS) is 16.0. The van der Waals surface area contributed by atoms with Crippen molar-refractivity contribution < 1.29 is 14.2 Å². The molecule has 0 radical (unpaired) electrons. The Balaban J connectivity index is 1.62. The first-order valence-corrected chi connectivity index (χ1v) is 11.3. The zero-order valence-corrected chi connectivity index (χ0v) is 19.0. The molecule has 1 fully saturated rings. The standard InChI is InChI=1S/C24H35FN4O2/c1-4-5-13-31-17-22(30)16-28-9-11-29(12-10-28)24-23(18(2)26-19(3)27-24)15-20-7-6-8-21(25)14-20/h6-8,14,22,30H,4-5,9-13,15-17H2,1-3H3/t22-/m0/s1. The van der Waals surface area contributed by atoms with Crippen molar-refractivity contribution in [3.05, 3.63) is 52.7 Å². The molecule has 7 heteroatoms. The molecule has 170 valence electrons. The van der Waals surface area contributed by atoms with Crippen LogP contribution < -0.4 is 4.90 Å². The Labute approximate surface area is 185 Å². The number of aromatic nitrogens is 2. The topological polar surface area (TPSA) is 61.7 Å². The number of aliphatic hydroxyl groups excluding tert-OH is 1. The lowest BCUT2D eigenvalue weighted by molar-refractivity contribution is 0.0150. The molecule has 31 heavy (non-hydrogen) atoms. The molecule has 2 heterocycles. The van der Waals surface area contributed by atoms with Crippen molar-refractivity contribution in [1.82, 2.24) is 14.9 Å². The third-order valence-electron chi connectivity index (χ3n) is 5.67. The molecule has 3 rings (SSSR count). The van der Waals surface area contributed by atoms with Gasteiger partial charge in [0.1, 0.15) is 17.5 Å². The summed E-state index contributed by atoms with van der Waals surface area (Å²) in [5.41, 5.74) is 2.91. The van der Waals surface area contributed by atoms with E-state index in [1.165, 1.54) is 6.07 Å². The first kappa shape index (κ1) is 23.6. The van der Waals surface area contributed by atoms with Crippen LogP contribution in [0.3, 0.4) is 0 Å². The molecule has 0 saturated carbocycles. The van der Waals surface area contributed by atoms with Gasteiger partial charge in [-0.05, 0) is 38.0 Å². The number of hydrogen-bond donors (Lipinski definition) is 1. The molecule has 0 amide bonds. The van der Waals surface area contributed by atoms with Gasteiger partial charge in [0.05, 0.1) is 12.7 Å². The second kappa shape index (κ2) is 11.5. The molecule has 1 aliphatic heterocycles. The van der Waals surface area contributed by atoms with E-state index >= 15 is 0 Å². The van der Waals surface area contributed by atoms with Crippen molar-refractivity contribution in [2.45, 2.75) is 46.1 Å². The minimum atomic E-state index is -0.463. The Morgan fingerprint density at radius 3 is 2.65 bits per heavy atom. The van der Waals surface area contributed by atoms with Gasteiger partial charge < -0.3 is 14.7 Å². The van der Waals surface area contributed by atoms with E-state index in [0.717, 1.165) is 67.5 Å². The number of aliphatic hydroxyl groups is 1. The van der Waals surface area contributed by atoms with Gasteiger partial charge in [0.25, 0.3) is 0 Å². The number of ether oxygens (including phenoxy) is 1. The average molecular weight is 431 g/mol. The Hall–Kier alpha value is -2.09. The Morgan fingerprint density at radius 1 is 1.16 bits per heavy atom. The molecule has 1 aromatic heterocycles. The fourth-order valence-electron chi connectivity index (χ4n) is 4.00. The third-order valence-corrected chi connectivity index (χ3v) is 5.67. The van der Waals surface area contributed by atoms with Crippen molar-refractivity contribution in [1.29, 1.82) is 0 Å². The summed E-state index contributed by atoms with van der Waals surface area (Å²) in [5.74, 6) is 1.46. The first-order chi connectivity index (χ1) is 15.0. The minimum Gasteiger partial charge on any atom is -0.389 e. The van der Waals surface area contributed by atoms with Gasteiger partial charge in [0, 0.05) is 57.0 Å². The predicted molar refractivity (Wildman–Crippen MR) is 121 cm³/mol. The van der Waals surface area contributed by atoms with Gasteiger partial charge in [-0.15, -0.1) is 0 Å². The van der Waals surface area contributed by atoms with Crippen molar-refractivity contribution in [3.63, 3.8) is 0 Å². The smallest absolute Gasteiger partial charge is 0.136 e. The highest BCUT2D eigenvalue weighted by Gasteiger charge is 2.23. The lowest BCUT2D eigenvalue weighted by atomic mass is 10.0. The molecule has 0 aliphatic carbocycles. The average Bonchev–Trinajstić information content (AvgIpc) is 2.74. The number of anilines is 1. The maximum atomic E-state index is 13.7. The van der Waals surface area contributed by atoms with E-state index in [-0.39, 0.29) is 5.82 Å². The number of piperazine rings is 1. The molecule has 0 unspecified atom stereocenters. The monoisotopic (exact) mass is 430 g/mol. The van der Waals surface area contributed by atoms with Gasteiger partial charge in [-0.1, -0.05) is 25.5 Å². The van der Waals surface area contributed by atoms with Crippen molar-refractivity contribution in [3.8, 4) is 0 Å². The van der Waals surface area contributed by atoms with Gasteiger partial charge in [-0.2, -0.15) is 0 Å². The molecule has 1 saturated heterocycles. The SMILES string of the molecule is CCCCOC[C@@H](O)CN1CCN(c2nc(C)nc(C)c2Cc2cccc(F)c2)CC1. The van der Waals surface area contributed by atoms with Gasteiger partial charge >= 0.3 is 0 Å². The molecule has 0 bridgehead atoms. The van der Waals surface area contributed by atoms with E-state index < -0.39 is 6.10 Å². The van der Waals surface area contributed by atoms with Crippen LogP contribution in [-0.2, 0) is 11.2 Å². The fraction of sp³-hybridized carbons (Fsp3) is 0.583. The van der Waals surface area contributed by atoms with E-state index in [9.17, 15) is 9.50 Å². The number of hydrogen-bond acceptors (Lipinski definition) is 6. The summed E-state index contributed by atoms with van der Waals surface area (Å²) < 4.78 is 19.2. The Morgan fingerprint density at radius 2 is 1.94 bits per heavy atom. The highest BCUT2D eigenvalue weighted by molar-refractivity contribution is 5.51. The molecule has 6 nitrogen and oxygen atoms in total. The van der Waals surface area contributed by atoms with Crippen LogP contribution in [0.25, 0.3) is 0 Å². The summed E-state index contributed by atoms with van der Waals surface area (Å²) in [7, 11) is 0. The lowest BCUT2D eigenvalue weighted by Gasteiger charge is -2.37. The number of halogens is 1. The molecule has 1 atom stereocenters. The molecule has 1 aromatic carbocycles. The Kier molecular flexibility index (Phi) is 8.75. The summed E-state index contributed by atoms with van der Waals surface area (Å²) in [6, 6.07) is 6.72. The second-order valence-corrected chi connectivity index (χ2v) is 8.34. The second-order valence-electron chi connectivity index (χ2n) is 8.34. The summed E-state index contributed by atoms with van der Waals surface area (Å²) in [4.78, 5) is 13.9. The fourth-order valence-corrected chi connectivity index (χ4v) is 4.00. The van der Waals surface area contributed by atoms with E-state index in [2.05, 4.69) is 21.7 Å². The van der Waals surface area contributed by atoms with Crippen molar-refractivity contribution in [2.75, 3.05) is 50.8 Å². The van der Waals surface area contributed by atoms with E-state index in [1.807, 2.05) is 19.9 Å². The highest BCUT2D eigenvalue weighted by atomic mass is 19.1. The van der Waals surface area contributed by atoms with Crippen LogP contribution in [0, 0.1) is 19.7 Å². The summed E-state index contributed by atoms with van der Waals surface area (Å²) in [6.45, 7) is 11.1. The molecule has 2 aromatic rings. The van der Waals surface area contributed by atoms with Gasteiger partial charge in [0.15, 0.2) is 0 Å². The minimum absolute atomic E-state index is 0.226. The maximum Gasteiger partial charge on any atom is 0.136 e. The summed E-state index contributed by atoms with van der Waals surface area (Å²) in [5, 5.41) is 10.3. The molecular formula is C24H35FN4O2. The molecule has 1 aliphatic rings. The number of benzene rings is 1. The van der Waals surface area contributed by atoms with Gasteiger partial charge in [-0.25, -0.2) is 14.4 Å². The van der Waals surface area contributed by atoms with Crippen LogP contribution in [0.4, 0.5) is 10.2 Å². The van der Waals surface area contributed by atoms with Crippen molar-refractivity contribution in [2.24, 2.45) is 0 Å². The third kappa shape index (κ3) is 6.95. The van der Waals surface area contributed by atoms with E-state index in [1.54, 1.807) is 12.1 Å². The number of β-amino-alcohol motifs (C(OH)–C–C–N with tert-alkyl or cyclic N) is 1. The first-order valence-electron chi connectivity index (χ1n) is 11.3. The maximum absolute atomic E-state index is 13.7. The van der Waals surface area contributed by atoms with E-state index in [4.69, 9.17) is 9.72 Å². The number of aryl methyl sites for hydroxylation is 2.